The van der Waals surface area contributed by atoms with Crippen LogP contribution in [0.1, 0.15) is 61.6 Å². The number of allylic oxidation sites excluding steroid dienone is 1. The van der Waals surface area contributed by atoms with E-state index < -0.39 is 30.5 Å². The van der Waals surface area contributed by atoms with E-state index in [0.717, 1.165) is 23.3 Å². The average Bonchev–Trinajstić information content (AvgIpc) is 2.86. The van der Waals surface area contributed by atoms with Gasteiger partial charge in [0.05, 0.1) is 12.1 Å². The van der Waals surface area contributed by atoms with Gasteiger partial charge in [0.25, 0.3) is 12.3 Å². The Labute approximate surface area is 163 Å². The number of hydrogen-bond acceptors (Lipinski definition) is 4. The fourth-order valence-electron chi connectivity index (χ4n) is 3.73. The largest absolute Gasteiger partial charge is 0.459 e. The van der Waals surface area contributed by atoms with Crippen molar-refractivity contribution in [3.05, 3.63) is 29.1 Å². The Kier molecular flexibility index (Phi) is 5.61. The van der Waals surface area contributed by atoms with Crippen LogP contribution in [0.3, 0.4) is 0 Å². The Bertz CT molecular complexity index is 808. The maximum absolute atomic E-state index is 12.6. The molecule has 1 aromatic heterocycles. The molecule has 2 atom stereocenters. The molecule has 3 rings (SSSR count). The van der Waals surface area contributed by atoms with Gasteiger partial charge in [-0.05, 0) is 44.2 Å². The van der Waals surface area contributed by atoms with Crippen molar-refractivity contribution in [2.45, 2.75) is 64.6 Å². The van der Waals surface area contributed by atoms with Crippen molar-refractivity contribution in [3.8, 4) is 0 Å². The average molecular weight is 395 g/mol. The van der Waals surface area contributed by atoms with E-state index in [0.29, 0.717) is 18.7 Å². The van der Waals surface area contributed by atoms with Crippen LogP contribution < -0.4 is 10.6 Å². The molecule has 2 heterocycles. The Morgan fingerprint density at radius 2 is 2.11 bits per heavy atom. The number of carbonyl (C=O) groups excluding carboxylic acids is 2. The molecule has 8 heteroatoms. The lowest BCUT2D eigenvalue weighted by Crippen LogP contribution is -2.43. The number of nitrogens with one attached hydrogen (secondary N) is 2. The first-order valence-corrected chi connectivity index (χ1v) is 9.52. The van der Waals surface area contributed by atoms with E-state index in [4.69, 9.17) is 4.74 Å². The molecule has 154 valence electrons. The molecule has 0 bridgehead atoms. The molecule has 1 aliphatic heterocycles. The molecule has 2 N–H and O–H groups in total. The minimum Gasteiger partial charge on any atom is -0.459 e. The lowest BCUT2D eigenvalue weighted by molar-refractivity contribution is -0.157. The predicted octanol–water partition coefficient (Wildman–Crippen LogP) is 2.69. The quantitative estimate of drug-likeness (QED) is 0.769. The highest BCUT2D eigenvalue weighted by Gasteiger charge is 2.34. The third-order valence-corrected chi connectivity index (χ3v) is 4.90. The molecule has 1 aliphatic carbocycles. The molecule has 1 aromatic rings. The fourth-order valence-corrected chi connectivity index (χ4v) is 3.73. The number of rotatable bonds is 4. The second kappa shape index (κ2) is 7.66. The van der Waals surface area contributed by atoms with Crippen LogP contribution in [0.15, 0.2) is 12.3 Å². The molecule has 6 nitrogen and oxygen atoms in total. The van der Waals surface area contributed by atoms with Gasteiger partial charge >= 0.3 is 5.97 Å². The van der Waals surface area contributed by atoms with Gasteiger partial charge in [-0.15, -0.1) is 0 Å². The van der Waals surface area contributed by atoms with Crippen LogP contribution in [0.2, 0.25) is 0 Å². The maximum atomic E-state index is 12.6. The van der Waals surface area contributed by atoms with Gasteiger partial charge in [0, 0.05) is 25.0 Å². The van der Waals surface area contributed by atoms with E-state index in [1.807, 2.05) is 32.3 Å². The van der Waals surface area contributed by atoms with Crippen molar-refractivity contribution in [2.75, 3.05) is 13.1 Å². The van der Waals surface area contributed by atoms with Gasteiger partial charge < -0.3 is 14.6 Å². The summed E-state index contributed by atoms with van der Waals surface area (Å²) in [7, 11) is 0. The molecule has 0 radical (unpaired) electrons. The minimum atomic E-state index is -2.60. The standard InChI is InChI=1S/C20H27F2N3O3/c1-11-5-6-12-7-23-14(19(27)28-20(2,3)4)10-25-9-13(16(11)17(12)25)18(26)24-8-15(21)22/h6,9,11,14-15,23H,5,7-8,10H2,1-4H3,(H,24,26). The fraction of sp³-hybridized carbons (Fsp3) is 0.600. The Morgan fingerprint density at radius 1 is 1.39 bits per heavy atom. The van der Waals surface area contributed by atoms with Gasteiger partial charge in [0.2, 0.25) is 0 Å². The summed E-state index contributed by atoms with van der Waals surface area (Å²) in [6, 6.07) is -0.561. The number of halogens is 2. The third kappa shape index (κ3) is 4.27. The summed E-state index contributed by atoms with van der Waals surface area (Å²) in [5.74, 6) is -0.776. The summed E-state index contributed by atoms with van der Waals surface area (Å²) >= 11 is 0. The van der Waals surface area contributed by atoms with Crippen molar-refractivity contribution in [1.29, 1.82) is 0 Å². The lowest BCUT2D eigenvalue weighted by Gasteiger charge is -2.24. The number of aromatic nitrogens is 1. The summed E-state index contributed by atoms with van der Waals surface area (Å²) in [6.45, 7) is 7.55. The number of nitrogens with zero attached hydrogens (tertiary/aromatic N) is 1. The van der Waals surface area contributed by atoms with Gasteiger partial charge in [0.1, 0.15) is 11.6 Å². The van der Waals surface area contributed by atoms with Crippen LogP contribution in [-0.4, -0.2) is 47.6 Å². The highest BCUT2D eigenvalue weighted by Crippen LogP contribution is 2.38. The van der Waals surface area contributed by atoms with Gasteiger partial charge in [-0.2, -0.15) is 0 Å². The molecular weight excluding hydrogens is 368 g/mol. The smallest absolute Gasteiger partial charge is 0.325 e. The van der Waals surface area contributed by atoms with Crippen molar-refractivity contribution in [3.63, 3.8) is 0 Å². The minimum absolute atomic E-state index is 0.0883. The summed E-state index contributed by atoms with van der Waals surface area (Å²) in [6.07, 6.45) is 1.93. The SMILES string of the molecule is CC1CC=C2CNC(C(=O)OC(C)(C)C)Cn3cc(C(=O)NCC(F)F)c1c32. The first kappa shape index (κ1) is 20.5. The second-order valence-corrected chi connectivity index (χ2v) is 8.39. The topological polar surface area (TPSA) is 72.4 Å². The molecule has 1 amide bonds. The van der Waals surface area contributed by atoms with E-state index in [1.165, 1.54) is 0 Å². The van der Waals surface area contributed by atoms with Crippen molar-refractivity contribution in [1.82, 2.24) is 15.2 Å². The number of ether oxygens (including phenoxy) is 1. The number of carbonyl (C=O) groups is 2. The molecule has 2 unspecified atom stereocenters. The van der Waals surface area contributed by atoms with Gasteiger partial charge in [-0.1, -0.05) is 13.0 Å². The van der Waals surface area contributed by atoms with E-state index in [1.54, 1.807) is 6.20 Å². The second-order valence-electron chi connectivity index (χ2n) is 8.39. The Hall–Kier alpha value is -2.22. The highest BCUT2D eigenvalue weighted by molar-refractivity contribution is 5.98. The van der Waals surface area contributed by atoms with E-state index in [-0.39, 0.29) is 11.9 Å². The summed E-state index contributed by atoms with van der Waals surface area (Å²) < 4.78 is 32.4. The van der Waals surface area contributed by atoms with Crippen LogP contribution >= 0.6 is 0 Å². The number of amides is 1. The summed E-state index contributed by atoms with van der Waals surface area (Å²) in [5, 5.41) is 5.53. The van der Waals surface area contributed by atoms with Crippen LogP contribution in [0.4, 0.5) is 8.78 Å². The summed E-state index contributed by atoms with van der Waals surface area (Å²) in [5.41, 5.74) is 2.57. The molecule has 0 saturated carbocycles. The van der Waals surface area contributed by atoms with Crippen LogP contribution in [-0.2, 0) is 16.1 Å². The summed E-state index contributed by atoms with van der Waals surface area (Å²) in [4.78, 5) is 25.1. The Morgan fingerprint density at radius 3 is 2.75 bits per heavy atom. The zero-order chi connectivity index (χ0) is 20.6. The predicted molar refractivity (Wildman–Crippen MR) is 101 cm³/mol. The van der Waals surface area contributed by atoms with Gasteiger partial charge in [-0.3, -0.25) is 14.9 Å². The zero-order valence-corrected chi connectivity index (χ0v) is 16.6. The maximum Gasteiger partial charge on any atom is 0.325 e. The van der Waals surface area contributed by atoms with Crippen LogP contribution in [0, 0.1) is 0 Å². The monoisotopic (exact) mass is 395 g/mol. The number of alkyl halides is 2. The van der Waals surface area contributed by atoms with Crippen LogP contribution in [0.25, 0.3) is 5.57 Å². The molecule has 0 spiro atoms. The highest BCUT2D eigenvalue weighted by atomic mass is 19.3. The number of esters is 1. The normalized spacial score (nSPS) is 21.6. The zero-order valence-electron chi connectivity index (χ0n) is 16.6. The lowest BCUT2D eigenvalue weighted by atomic mass is 9.86. The van der Waals surface area contributed by atoms with E-state index in [2.05, 4.69) is 16.7 Å². The van der Waals surface area contributed by atoms with Crippen molar-refractivity contribution >= 4 is 17.4 Å². The third-order valence-electron chi connectivity index (χ3n) is 4.90. The van der Waals surface area contributed by atoms with Crippen molar-refractivity contribution < 1.29 is 23.1 Å². The van der Waals surface area contributed by atoms with Crippen molar-refractivity contribution in [2.24, 2.45) is 0 Å². The first-order chi connectivity index (χ1) is 13.1. The molecule has 2 aliphatic rings. The van der Waals surface area contributed by atoms with Gasteiger partial charge in [0.15, 0.2) is 0 Å². The Balaban J connectivity index is 1.93. The number of hydrogen-bond donors (Lipinski definition) is 2. The van der Waals surface area contributed by atoms with Crippen LogP contribution in [0.5, 0.6) is 0 Å². The molecule has 0 aromatic carbocycles. The first-order valence-electron chi connectivity index (χ1n) is 9.52. The molecule has 0 fully saturated rings. The molecule has 0 saturated heterocycles. The van der Waals surface area contributed by atoms with Gasteiger partial charge in [-0.25, -0.2) is 8.78 Å². The molecule has 28 heavy (non-hydrogen) atoms. The van der Waals surface area contributed by atoms with E-state index >= 15 is 0 Å². The van der Waals surface area contributed by atoms with E-state index in [9.17, 15) is 18.4 Å². The molecular formula is C20H27F2N3O3.